The van der Waals surface area contributed by atoms with Crippen LogP contribution in [0, 0.1) is 0 Å². The first-order chi connectivity index (χ1) is 8.67. The molecule has 7 heteroatoms. The number of nitrogens with two attached hydrogens (primary N) is 1. The lowest BCUT2D eigenvalue weighted by atomic mass is 10.1. The summed E-state index contributed by atoms with van der Waals surface area (Å²) in [5.41, 5.74) is 2.57. The van der Waals surface area contributed by atoms with Crippen molar-refractivity contribution in [2.45, 2.75) is 19.4 Å². The van der Waals surface area contributed by atoms with Gasteiger partial charge in [-0.25, -0.2) is 15.8 Å². The third-order valence-corrected chi connectivity index (χ3v) is 4.19. The highest BCUT2D eigenvalue weighted by atomic mass is 79.9. The molecule has 3 N–H and O–H groups in total. The van der Waals surface area contributed by atoms with Crippen molar-refractivity contribution >= 4 is 27.6 Å². The summed E-state index contributed by atoms with van der Waals surface area (Å²) < 4.78 is 0.826. The highest BCUT2D eigenvalue weighted by molar-refractivity contribution is 9.10. The van der Waals surface area contributed by atoms with E-state index in [-0.39, 0.29) is 0 Å². The summed E-state index contributed by atoms with van der Waals surface area (Å²) in [4.78, 5) is 13.1. The lowest BCUT2D eigenvalue weighted by Crippen LogP contribution is -2.51. The second kappa shape index (κ2) is 5.81. The van der Waals surface area contributed by atoms with E-state index in [2.05, 4.69) is 55.1 Å². The minimum Gasteiger partial charge on any atom is -0.353 e. The topological polar surface area (TPSA) is 70.3 Å². The van der Waals surface area contributed by atoms with Crippen LogP contribution in [0.15, 0.2) is 10.8 Å². The van der Waals surface area contributed by atoms with Crippen molar-refractivity contribution in [2.24, 2.45) is 5.84 Å². The summed E-state index contributed by atoms with van der Waals surface area (Å²) in [6.07, 6.45) is 2.67. The Labute approximate surface area is 116 Å². The van der Waals surface area contributed by atoms with Crippen LogP contribution in [-0.2, 0) is 0 Å². The number of hydrazine groups is 1. The Bertz CT molecular complexity index is 413. The molecule has 1 aromatic heterocycles. The number of hydrogen-bond donors (Lipinski definition) is 2. The third-order valence-electron chi connectivity index (χ3n) is 3.46. The number of rotatable bonds is 3. The summed E-state index contributed by atoms with van der Waals surface area (Å²) in [5.74, 6) is 6.95. The van der Waals surface area contributed by atoms with Gasteiger partial charge in [0.1, 0.15) is 16.6 Å². The minimum atomic E-state index is 0.565. The molecular formula is C11H19BrN6. The van der Waals surface area contributed by atoms with Crippen LogP contribution in [0.1, 0.15) is 13.3 Å². The van der Waals surface area contributed by atoms with Crippen LogP contribution >= 0.6 is 15.9 Å². The lowest BCUT2D eigenvalue weighted by Gasteiger charge is -2.40. The summed E-state index contributed by atoms with van der Waals surface area (Å²) in [6, 6.07) is 0.565. The maximum atomic E-state index is 5.43. The average molecular weight is 315 g/mol. The predicted octanol–water partition coefficient (Wildman–Crippen LogP) is 1.06. The van der Waals surface area contributed by atoms with Crippen molar-refractivity contribution in [1.29, 1.82) is 0 Å². The molecule has 0 aliphatic carbocycles. The fraction of sp³-hybridized carbons (Fsp3) is 0.636. The Kier molecular flexibility index (Phi) is 4.36. The smallest absolute Gasteiger partial charge is 0.159 e. The molecule has 1 fully saturated rings. The van der Waals surface area contributed by atoms with Crippen LogP contribution in [0.5, 0.6) is 0 Å². The molecule has 2 heterocycles. The van der Waals surface area contributed by atoms with Crippen LogP contribution in [0.2, 0.25) is 0 Å². The van der Waals surface area contributed by atoms with Crippen LogP contribution < -0.4 is 16.2 Å². The molecule has 1 aliphatic heterocycles. The molecule has 1 unspecified atom stereocenters. The van der Waals surface area contributed by atoms with Crippen LogP contribution in [-0.4, -0.2) is 47.6 Å². The summed E-state index contributed by atoms with van der Waals surface area (Å²) in [6.45, 7) is 5.20. The number of anilines is 2. The summed E-state index contributed by atoms with van der Waals surface area (Å²) in [5, 5.41) is 0. The van der Waals surface area contributed by atoms with Crippen LogP contribution in [0.25, 0.3) is 0 Å². The van der Waals surface area contributed by atoms with E-state index in [1.165, 1.54) is 6.33 Å². The van der Waals surface area contributed by atoms with Crippen LogP contribution in [0.4, 0.5) is 11.6 Å². The number of nitrogens with one attached hydrogen (secondary N) is 1. The monoisotopic (exact) mass is 314 g/mol. The quantitative estimate of drug-likeness (QED) is 0.642. The molecular weight excluding hydrogens is 296 g/mol. The number of nitrogen functional groups attached to an aromatic ring is 1. The number of likely N-dealkylation sites (N-methyl/N-ethyl adjacent to an activating group) is 1. The average Bonchev–Trinajstić information content (AvgIpc) is 2.40. The maximum Gasteiger partial charge on any atom is 0.159 e. The van der Waals surface area contributed by atoms with E-state index in [0.717, 1.165) is 36.3 Å². The fourth-order valence-electron chi connectivity index (χ4n) is 2.26. The zero-order chi connectivity index (χ0) is 13.1. The molecule has 1 aromatic rings. The van der Waals surface area contributed by atoms with Crippen molar-refractivity contribution in [1.82, 2.24) is 14.9 Å². The molecule has 18 heavy (non-hydrogen) atoms. The summed E-state index contributed by atoms with van der Waals surface area (Å²) in [7, 11) is 2.17. The Balaban J connectivity index is 2.21. The molecule has 0 radical (unpaired) electrons. The zero-order valence-corrected chi connectivity index (χ0v) is 12.3. The standard InChI is InChI=1S/C11H19BrN6/c1-3-8-6-18(5-4-17(8)2)11-9(12)10(16-13)14-7-15-11/h7-8H,3-6,13H2,1-2H3,(H,14,15,16). The number of nitrogens with zero attached hydrogens (tertiary/aromatic N) is 4. The molecule has 6 nitrogen and oxygen atoms in total. The van der Waals surface area contributed by atoms with Gasteiger partial charge in [-0.15, -0.1) is 0 Å². The number of piperazine rings is 1. The molecule has 1 saturated heterocycles. The SMILES string of the molecule is CCC1CN(c2ncnc(NN)c2Br)CCN1C. The van der Waals surface area contributed by atoms with E-state index >= 15 is 0 Å². The molecule has 0 aromatic carbocycles. The van der Waals surface area contributed by atoms with E-state index in [9.17, 15) is 0 Å². The van der Waals surface area contributed by atoms with Crippen LogP contribution in [0.3, 0.4) is 0 Å². The van der Waals surface area contributed by atoms with Gasteiger partial charge in [0.15, 0.2) is 5.82 Å². The first-order valence-corrected chi connectivity index (χ1v) is 6.89. The predicted molar refractivity (Wildman–Crippen MR) is 76.5 cm³/mol. The first-order valence-electron chi connectivity index (χ1n) is 6.09. The maximum absolute atomic E-state index is 5.43. The Morgan fingerprint density at radius 1 is 1.50 bits per heavy atom. The molecule has 2 rings (SSSR count). The van der Waals surface area contributed by atoms with Gasteiger partial charge in [0.05, 0.1) is 0 Å². The normalized spacial score (nSPS) is 21.1. The molecule has 0 bridgehead atoms. The highest BCUT2D eigenvalue weighted by Gasteiger charge is 2.25. The van der Waals surface area contributed by atoms with Crippen molar-refractivity contribution in [3.8, 4) is 0 Å². The second-order valence-electron chi connectivity index (χ2n) is 4.49. The molecule has 1 atom stereocenters. The van der Waals surface area contributed by atoms with Gasteiger partial charge in [-0.3, -0.25) is 4.90 Å². The van der Waals surface area contributed by atoms with Gasteiger partial charge in [-0.2, -0.15) is 0 Å². The minimum absolute atomic E-state index is 0.565. The highest BCUT2D eigenvalue weighted by Crippen LogP contribution is 2.30. The molecule has 0 amide bonds. The van der Waals surface area contributed by atoms with Gasteiger partial charge in [-0.05, 0) is 29.4 Å². The molecule has 0 saturated carbocycles. The molecule has 1 aliphatic rings. The van der Waals surface area contributed by atoms with E-state index in [1.54, 1.807) is 0 Å². The molecule has 100 valence electrons. The number of hydrogen-bond acceptors (Lipinski definition) is 6. The van der Waals surface area contributed by atoms with Crippen molar-refractivity contribution in [3.05, 3.63) is 10.8 Å². The third kappa shape index (κ3) is 2.57. The van der Waals surface area contributed by atoms with E-state index in [4.69, 9.17) is 5.84 Å². The van der Waals surface area contributed by atoms with Gasteiger partial charge in [0.2, 0.25) is 0 Å². The fourth-order valence-corrected chi connectivity index (χ4v) is 2.83. The van der Waals surface area contributed by atoms with Crippen molar-refractivity contribution in [3.63, 3.8) is 0 Å². The van der Waals surface area contributed by atoms with E-state index in [0.29, 0.717) is 11.9 Å². The Hall–Kier alpha value is -0.920. The van der Waals surface area contributed by atoms with Crippen molar-refractivity contribution < 1.29 is 0 Å². The van der Waals surface area contributed by atoms with E-state index in [1.807, 2.05) is 0 Å². The first kappa shape index (κ1) is 13.5. The Morgan fingerprint density at radius 3 is 2.94 bits per heavy atom. The molecule has 0 spiro atoms. The lowest BCUT2D eigenvalue weighted by molar-refractivity contribution is 0.213. The number of aromatic nitrogens is 2. The Morgan fingerprint density at radius 2 is 2.28 bits per heavy atom. The van der Waals surface area contributed by atoms with Gasteiger partial charge in [0.25, 0.3) is 0 Å². The van der Waals surface area contributed by atoms with Gasteiger partial charge in [0, 0.05) is 25.7 Å². The van der Waals surface area contributed by atoms with E-state index < -0.39 is 0 Å². The number of halogens is 1. The largest absolute Gasteiger partial charge is 0.353 e. The van der Waals surface area contributed by atoms with Crippen molar-refractivity contribution in [2.75, 3.05) is 37.0 Å². The second-order valence-corrected chi connectivity index (χ2v) is 5.29. The summed E-state index contributed by atoms with van der Waals surface area (Å²) >= 11 is 3.51. The van der Waals surface area contributed by atoms with Gasteiger partial charge < -0.3 is 10.3 Å². The van der Waals surface area contributed by atoms with Gasteiger partial charge >= 0.3 is 0 Å². The van der Waals surface area contributed by atoms with Gasteiger partial charge in [-0.1, -0.05) is 6.92 Å². The zero-order valence-electron chi connectivity index (χ0n) is 10.7.